The second kappa shape index (κ2) is 14.0. The molecule has 0 saturated heterocycles. The molecule has 0 N–H and O–H groups in total. The lowest BCUT2D eigenvalue weighted by Crippen LogP contribution is -2.32. The third-order valence-corrected chi connectivity index (χ3v) is 8.95. The Morgan fingerprint density at radius 1 is 0.633 bits per heavy atom. The maximum Gasteiger partial charge on any atom is 0.270 e. The molecule has 0 saturated carbocycles. The molecule has 9 nitrogen and oxygen atoms in total. The molecule has 9 heteroatoms. The highest BCUT2D eigenvalue weighted by Crippen LogP contribution is 2.32. The third-order valence-electron chi connectivity index (χ3n) is 8.95. The van der Waals surface area contributed by atoms with Gasteiger partial charge in [0.15, 0.2) is 0 Å². The number of non-ortho nitro benzene ring substituents is 1. The van der Waals surface area contributed by atoms with Gasteiger partial charge in [0.25, 0.3) is 5.69 Å². The lowest BCUT2D eigenvalue weighted by atomic mass is 10.1. The van der Waals surface area contributed by atoms with E-state index in [1.807, 2.05) is 91.0 Å². The molecule has 5 aromatic rings. The van der Waals surface area contributed by atoms with E-state index in [9.17, 15) is 10.1 Å². The molecule has 5 aromatic carbocycles. The summed E-state index contributed by atoms with van der Waals surface area (Å²) < 4.78 is 10.8. The summed E-state index contributed by atoms with van der Waals surface area (Å²) in [6, 6.07) is 41.4. The number of methoxy groups -OCH3 is 2. The number of hydrogen-bond donors (Lipinski definition) is 0. The molecule has 246 valence electrons. The lowest BCUT2D eigenvalue weighted by molar-refractivity contribution is -0.384. The molecule has 2 aliphatic rings. The Morgan fingerprint density at radius 3 is 1.41 bits per heavy atom. The summed E-state index contributed by atoms with van der Waals surface area (Å²) in [6.45, 7) is 1.26. The molecule has 0 bridgehead atoms. The van der Waals surface area contributed by atoms with E-state index >= 15 is 0 Å². The van der Waals surface area contributed by atoms with Crippen molar-refractivity contribution >= 4 is 28.7 Å². The standard InChI is InChI=1S/C40H37N5O4/c1-48-37-17-13-34(14-18-37)43-26-32(21-28-9-5-3-6-10-28)41-39(43)30-23-31(25-36(24-30)45(46)47)40-42-33(22-29-11-7-4-8-12-29)27-44(40)35-15-19-38(49-2)20-16-35/h3-20,23-25,32-33H,21-22,26-27H2,1-2H3/t32-,33-/m0/s1. The van der Waals surface area contributed by atoms with Crippen molar-refractivity contribution in [2.45, 2.75) is 24.9 Å². The maximum atomic E-state index is 12.5. The first-order valence-electron chi connectivity index (χ1n) is 16.3. The van der Waals surface area contributed by atoms with E-state index < -0.39 is 0 Å². The fraction of sp³-hybridized carbons (Fsp3) is 0.200. The van der Waals surface area contributed by atoms with Gasteiger partial charge in [0.2, 0.25) is 0 Å². The molecule has 2 aliphatic heterocycles. The summed E-state index contributed by atoms with van der Waals surface area (Å²) in [5.74, 6) is 2.88. The largest absolute Gasteiger partial charge is 0.497 e. The Balaban J connectivity index is 1.31. The average Bonchev–Trinajstić information content (AvgIpc) is 3.77. The van der Waals surface area contributed by atoms with E-state index in [-0.39, 0.29) is 22.7 Å². The highest BCUT2D eigenvalue weighted by Gasteiger charge is 2.32. The molecule has 0 aromatic heterocycles. The fourth-order valence-electron chi connectivity index (χ4n) is 6.57. The van der Waals surface area contributed by atoms with E-state index in [1.54, 1.807) is 26.4 Å². The molecule has 0 spiro atoms. The van der Waals surface area contributed by atoms with Gasteiger partial charge in [0.05, 0.1) is 31.2 Å². The average molecular weight is 652 g/mol. The predicted octanol–water partition coefficient (Wildman–Crippen LogP) is 7.37. The molecule has 49 heavy (non-hydrogen) atoms. The minimum atomic E-state index is -0.337. The van der Waals surface area contributed by atoms with Crippen LogP contribution in [0.25, 0.3) is 0 Å². The molecular formula is C40H37N5O4. The van der Waals surface area contributed by atoms with Gasteiger partial charge in [0.1, 0.15) is 23.2 Å². The first-order chi connectivity index (χ1) is 24.0. The summed E-state index contributed by atoms with van der Waals surface area (Å²) in [6.07, 6.45) is 1.50. The van der Waals surface area contributed by atoms with Crippen LogP contribution < -0.4 is 19.3 Å². The first kappa shape index (κ1) is 31.6. The molecular weight excluding hydrogens is 614 g/mol. The van der Waals surface area contributed by atoms with Gasteiger partial charge < -0.3 is 19.3 Å². The SMILES string of the molecule is COc1ccc(N2C[C@H](Cc3ccccc3)N=C2c2cc(C3=N[C@@H](Cc4ccccc4)CN3c3ccc(OC)cc3)cc([N+](=O)[O-])c2)cc1. The fourth-order valence-corrected chi connectivity index (χ4v) is 6.57. The molecule has 0 amide bonds. The molecule has 0 unspecified atom stereocenters. The van der Waals surface area contributed by atoms with E-state index in [1.165, 1.54) is 11.1 Å². The molecule has 2 atom stereocenters. The van der Waals surface area contributed by atoms with Gasteiger partial charge in [-0.15, -0.1) is 0 Å². The van der Waals surface area contributed by atoms with Gasteiger partial charge in [-0.25, -0.2) is 0 Å². The number of ether oxygens (including phenoxy) is 2. The van der Waals surface area contributed by atoms with Crippen LogP contribution in [-0.4, -0.2) is 56.0 Å². The van der Waals surface area contributed by atoms with Crippen LogP contribution in [-0.2, 0) is 12.8 Å². The molecule has 0 fully saturated rings. The third kappa shape index (κ3) is 7.01. The van der Waals surface area contributed by atoms with Crippen molar-refractivity contribution in [3.05, 3.63) is 160 Å². The number of amidine groups is 2. The molecule has 2 heterocycles. The Labute approximate surface area is 285 Å². The summed E-state index contributed by atoms with van der Waals surface area (Å²) in [7, 11) is 3.29. The summed E-state index contributed by atoms with van der Waals surface area (Å²) in [4.78, 5) is 26.8. The Morgan fingerprint density at radius 2 is 1.04 bits per heavy atom. The van der Waals surface area contributed by atoms with Crippen molar-refractivity contribution in [1.82, 2.24) is 0 Å². The number of nitrogens with zero attached hydrogens (tertiary/aromatic N) is 5. The Hall–Kier alpha value is -5.96. The summed E-state index contributed by atoms with van der Waals surface area (Å²) >= 11 is 0. The first-order valence-corrected chi connectivity index (χ1v) is 16.3. The number of anilines is 2. The van der Waals surface area contributed by atoms with Gasteiger partial charge in [0, 0.05) is 47.7 Å². The van der Waals surface area contributed by atoms with Crippen LogP contribution in [0.3, 0.4) is 0 Å². The molecule has 7 rings (SSSR count). The van der Waals surface area contributed by atoms with Crippen LogP contribution in [0, 0.1) is 10.1 Å². The van der Waals surface area contributed by atoms with Crippen molar-refractivity contribution in [1.29, 1.82) is 0 Å². The van der Waals surface area contributed by atoms with Crippen molar-refractivity contribution < 1.29 is 14.4 Å². The van der Waals surface area contributed by atoms with Crippen LogP contribution in [0.15, 0.2) is 137 Å². The minimum absolute atomic E-state index is 0.0136. The zero-order valence-corrected chi connectivity index (χ0v) is 27.5. The summed E-state index contributed by atoms with van der Waals surface area (Å²) in [5, 5.41) is 12.5. The van der Waals surface area contributed by atoms with Gasteiger partial charge in [-0.3, -0.25) is 20.1 Å². The second-order valence-electron chi connectivity index (χ2n) is 12.2. The highest BCUT2D eigenvalue weighted by molar-refractivity contribution is 6.16. The Kier molecular flexibility index (Phi) is 9.06. The lowest BCUT2D eigenvalue weighted by Gasteiger charge is -2.24. The zero-order chi connectivity index (χ0) is 33.7. The normalized spacial score (nSPS) is 17.1. The van der Waals surface area contributed by atoms with E-state index in [0.717, 1.165) is 35.7 Å². The maximum absolute atomic E-state index is 12.5. The smallest absolute Gasteiger partial charge is 0.270 e. The van der Waals surface area contributed by atoms with Crippen LogP contribution in [0.1, 0.15) is 22.3 Å². The van der Waals surface area contributed by atoms with Gasteiger partial charge >= 0.3 is 0 Å². The zero-order valence-electron chi connectivity index (χ0n) is 27.5. The van der Waals surface area contributed by atoms with Crippen molar-refractivity contribution in [2.75, 3.05) is 37.1 Å². The number of rotatable bonds is 11. The van der Waals surface area contributed by atoms with Gasteiger partial charge in [-0.2, -0.15) is 0 Å². The van der Waals surface area contributed by atoms with E-state index in [0.29, 0.717) is 35.9 Å². The number of nitro groups is 1. The number of aliphatic imine (C=N–C) groups is 2. The highest BCUT2D eigenvalue weighted by atomic mass is 16.6. The number of benzene rings is 5. The van der Waals surface area contributed by atoms with Gasteiger partial charge in [-0.05, 0) is 78.6 Å². The Bertz CT molecular complexity index is 1840. The van der Waals surface area contributed by atoms with Crippen LogP contribution in [0.2, 0.25) is 0 Å². The topological polar surface area (TPSA) is 92.8 Å². The quantitative estimate of drug-likeness (QED) is 0.109. The van der Waals surface area contributed by atoms with Crippen molar-refractivity contribution in [3.63, 3.8) is 0 Å². The van der Waals surface area contributed by atoms with E-state index in [4.69, 9.17) is 19.5 Å². The number of nitro benzene ring substituents is 1. The van der Waals surface area contributed by atoms with Crippen molar-refractivity contribution in [2.24, 2.45) is 9.98 Å². The van der Waals surface area contributed by atoms with E-state index in [2.05, 4.69) is 34.1 Å². The van der Waals surface area contributed by atoms with Crippen molar-refractivity contribution in [3.8, 4) is 11.5 Å². The monoisotopic (exact) mass is 651 g/mol. The number of hydrogen-bond acceptors (Lipinski definition) is 8. The van der Waals surface area contributed by atoms with Crippen LogP contribution in [0.5, 0.6) is 11.5 Å². The minimum Gasteiger partial charge on any atom is -0.497 e. The second-order valence-corrected chi connectivity index (χ2v) is 12.2. The predicted molar refractivity (Wildman–Crippen MR) is 195 cm³/mol. The van der Waals surface area contributed by atoms with Gasteiger partial charge in [-0.1, -0.05) is 60.7 Å². The molecule has 0 aliphatic carbocycles. The van der Waals surface area contributed by atoms with Crippen LogP contribution >= 0.6 is 0 Å². The van der Waals surface area contributed by atoms with Crippen LogP contribution in [0.4, 0.5) is 17.1 Å². The summed E-state index contributed by atoms with van der Waals surface area (Å²) in [5.41, 5.74) is 5.56. The molecule has 0 radical (unpaired) electrons.